The Morgan fingerprint density at radius 2 is 2.12 bits per heavy atom. The largest absolute Gasteiger partial charge is 0.494 e. The third kappa shape index (κ3) is 5.74. The zero-order chi connectivity index (χ0) is 17.5. The molecule has 0 fully saturated rings. The summed E-state index contributed by atoms with van der Waals surface area (Å²) in [5.74, 6) is 1.90. The molecule has 1 amide bonds. The van der Waals surface area contributed by atoms with E-state index in [1.807, 2.05) is 25.1 Å². The van der Waals surface area contributed by atoms with Gasteiger partial charge in [0.2, 0.25) is 5.91 Å². The van der Waals surface area contributed by atoms with E-state index in [4.69, 9.17) is 4.74 Å². The Morgan fingerprint density at radius 3 is 2.83 bits per heavy atom. The second-order valence-corrected chi connectivity index (χ2v) is 7.35. The van der Waals surface area contributed by atoms with Crippen molar-refractivity contribution >= 4 is 28.7 Å². The van der Waals surface area contributed by atoms with Gasteiger partial charge in [-0.2, -0.15) is 0 Å². The van der Waals surface area contributed by atoms with E-state index < -0.39 is 0 Å². The Bertz CT molecular complexity index is 669. The van der Waals surface area contributed by atoms with Crippen LogP contribution < -0.4 is 10.1 Å². The van der Waals surface area contributed by atoms with Crippen molar-refractivity contribution in [2.75, 3.05) is 12.4 Å². The van der Waals surface area contributed by atoms with Crippen LogP contribution in [0.4, 0.5) is 0 Å². The normalized spacial score (nSPS) is 12.5. The fourth-order valence-electron chi connectivity index (χ4n) is 2.40. The van der Waals surface area contributed by atoms with Crippen molar-refractivity contribution in [1.29, 1.82) is 0 Å². The minimum absolute atomic E-state index is 0.0479. The molecule has 0 aliphatic rings. The van der Waals surface area contributed by atoms with Gasteiger partial charge in [-0.15, -0.1) is 0 Å². The summed E-state index contributed by atoms with van der Waals surface area (Å²) in [7, 11) is 0. The fourth-order valence-corrected chi connectivity index (χ4v) is 3.09. The van der Waals surface area contributed by atoms with Gasteiger partial charge in [-0.25, -0.2) is 4.98 Å². The lowest BCUT2D eigenvalue weighted by atomic mass is 10.0. The molecule has 1 aromatic carbocycles. The molecule has 0 spiro atoms. The first-order valence-corrected chi connectivity index (χ1v) is 9.51. The lowest BCUT2D eigenvalue weighted by Crippen LogP contribution is -2.34. The van der Waals surface area contributed by atoms with E-state index in [1.165, 1.54) is 11.8 Å². The zero-order valence-electron chi connectivity index (χ0n) is 14.9. The van der Waals surface area contributed by atoms with Crippen molar-refractivity contribution in [3.8, 4) is 5.75 Å². The molecular weight excluding hydrogens is 322 g/mol. The van der Waals surface area contributed by atoms with Gasteiger partial charge in [0.1, 0.15) is 5.75 Å². The first-order chi connectivity index (χ1) is 11.5. The molecule has 6 heteroatoms. The number of carbonyl (C=O) groups is 1. The van der Waals surface area contributed by atoms with E-state index in [2.05, 4.69) is 36.1 Å². The van der Waals surface area contributed by atoms with Crippen LogP contribution in [-0.2, 0) is 4.79 Å². The zero-order valence-corrected chi connectivity index (χ0v) is 15.7. The lowest BCUT2D eigenvalue weighted by molar-refractivity contribution is -0.119. The molecule has 1 atom stereocenters. The number of nitrogens with zero attached hydrogens (tertiary/aromatic N) is 1. The number of fused-ring (bicyclic) bond motifs is 1. The smallest absolute Gasteiger partial charge is 0.230 e. The second-order valence-electron chi connectivity index (χ2n) is 6.38. The van der Waals surface area contributed by atoms with E-state index in [-0.39, 0.29) is 11.9 Å². The molecule has 0 aliphatic carbocycles. The molecule has 2 rings (SSSR count). The van der Waals surface area contributed by atoms with Crippen molar-refractivity contribution in [3.63, 3.8) is 0 Å². The van der Waals surface area contributed by atoms with E-state index in [0.717, 1.165) is 34.8 Å². The van der Waals surface area contributed by atoms with Gasteiger partial charge >= 0.3 is 0 Å². The summed E-state index contributed by atoms with van der Waals surface area (Å²) in [6.45, 7) is 9.04. The first-order valence-electron chi connectivity index (χ1n) is 8.52. The molecule has 5 nitrogen and oxygen atoms in total. The summed E-state index contributed by atoms with van der Waals surface area (Å²) in [6, 6.07) is 5.98. The molecule has 2 aromatic rings. The molecule has 24 heavy (non-hydrogen) atoms. The first kappa shape index (κ1) is 18.6. The number of H-pyrrole nitrogens is 1. The third-order valence-electron chi connectivity index (χ3n) is 3.67. The average molecular weight is 350 g/mol. The highest BCUT2D eigenvalue weighted by molar-refractivity contribution is 7.99. The van der Waals surface area contributed by atoms with Crippen molar-refractivity contribution in [2.24, 2.45) is 5.92 Å². The Hall–Kier alpha value is -1.69. The van der Waals surface area contributed by atoms with Crippen molar-refractivity contribution in [3.05, 3.63) is 18.2 Å². The van der Waals surface area contributed by atoms with Gasteiger partial charge in [0.15, 0.2) is 5.16 Å². The van der Waals surface area contributed by atoms with Crippen LogP contribution in [0.15, 0.2) is 23.4 Å². The van der Waals surface area contributed by atoms with E-state index in [0.29, 0.717) is 18.3 Å². The molecule has 0 saturated heterocycles. The minimum Gasteiger partial charge on any atom is -0.494 e. The molecular formula is C18H27N3O2S. The van der Waals surface area contributed by atoms with Gasteiger partial charge in [0, 0.05) is 12.1 Å². The summed E-state index contributed by atoms with van der Waals surface area (Å²) in [4.78, 5) is 19.8. The number of benzene rings is 1. The van der Waals surface area contributed by atoms with Crippen molar-refractivity contribution in [2.45, 2.75) is 51.7 Å². The number of nitrogens with one attached hydrogen (secondary N) is 2. The highest BCUT2D eigenvalue weighted by Crippen LogP contribution is 2.23. The summed E-state index contributed by atoms with van der Waals surface area (Å²) < 4.78 is 5.49. The number of hydrogen-bond donors (Lipinski definition) is 2. The summed E-state index contributed by atoms with van der Waals surface area (Å²) >= 11 is 1.42. The average Bonchev–Trinajstić information content (AvgIpc) is 2.93. The summed E-state index contributed by atoms with van der Waals surface area (Å²) in [5.41, 5.74) is 1.81. The molecule has 1 aromatic heterocycles. The Morgan fingerprint density at radius 1 is 1.33 bits per heavy atom. The second kappa shape index (κ2) is 8.97. The summed E-state index contributed by atoms with van der Waals surface area (Å²) in [6.07, 6.45) is 2.14. The van der Waals surface area contributed by atoms with Crippen molar-refractivity contribution < 1.29 is 9.53 Å². The number of carbonyl (C=O) groups excluding carboxylic acids is 1. The topological polar surface area (TPSA) is 67.0 Å². The van der Waals surface area contributed by atoms with Crippen LogP contribution in [0, 0.1) is 5.92 Å². The van der Waals surface area contributed by atoms with Gasteiger partial charge in [0.25, 0.3) is 0 Å². The van der Waals surface area contributed by atoms with E-state index >= 15 is 0 Å². The van der Waals surface area contributed by atoms with Crippen LogP contribution in [0.3, 0.4) is 0 Å². The van der Waals surface area contributed by atoms with Crippen molar-refractivity contribution in [1.82, 2.24) is 15.3 Å². The van der Waals surface area contributed by atoms with E-state index in [1.54, 1.807) is 0 Å². The van der Waals surface area contributed by atoms with Crippen LogP contribution in [0.25, 0.3) is 11.0 Å². The van der Waals surface area contributed by atoms with Gasteiger partial charge in [-0.1, -0.05) is 25.6 Å². The Labute approximate surface area is 148 Å². The van der Waals surface area contributed by atoms with Crippen LogP contribution in [0.2, 0.25) is 0 Å². The predicted octanol–water partition coefficient (Wildman–Crippen LogP) is 3.99. The number of amides is 1. The monoisotopic (exact) mass is 349 g/mol. The van der Waals surface area contributed by atoms with Crippen LogP contribution in [0.1, 0.15) is 40.5 Å². The molecule has 132 valence electrons. The molecule has 0 radical (unpaired) electrons. The number of rotatable bonds is 9. The summed E-state index contributed by atoms with van der Waals surface area (Å²) in [5, 5.41) is 3.80. The number of ether oxygens (including phenoxy) is 1. The number of imidazole rings is 1. The number of aromatic amines is 1. The van der Waals surface area contributed by atoms with Gasteiger partial charge in [-0.05, 0) is 44.7 Å². The lowest BCUT2D eigenvalue weighted by Gasteiger charge is -2.14. The van der Waals surface area contributed by atoms with Crippen LogP contribution >= 0.6 is 11.8 Å². The SMILES string of the molecule is CCOc1ccc2nc(SCC(=O)N[C@H](C)CCC(C)C)[nH]c2c1. The maximum Gasteiger partial charge on any atom is 0.230 e. The van der Waals surface area contributed by atoms with Crippen LogP contribution in [-0.4, -0.2) is 34.3 Å². The van der Waals surface area contributed by atoms with Gasteiger partial charge in [-0.3, -0.25) is 4.79 Å². The third-order valence-corrected chi connectivity index (χ3v) is 4.54. The molecule has 1 heterocycles. The Balaban J connectivity index is 1.85. The quantitative estimate of drug-likeness (QED) is 0.672. The maximum absolute atomic E-state index is 12.0. The molecule has 0 aliphatic heterocycles. The molecule has 0 saturated carbocycles. The van der Waals surface area contributed by atoms with Gasteiger partial charge < -0.3 is 15.0 Å². The number of aromatic nitrogens is 2. The maximum atomic E-state index is 12.0. The van der Waals surface area contributed by atoms with Gasteiger partial charge in [0.05, 0.1) is 23.4 Å². The van der Waals surface area contributed by atoms with E-state index in [9.17, 15) is 4.79 Å². The highest BCUT2D eigenvalue weighted by Gasteiger charge is 2.11. The standard InChI is InChI=1S/C18H27N3O2S/c1-5-23-14-8-9-15-16(10-14)21-18(20-15)24-11-17(22)19-13(4)7-6-12(2)3/h8-10,12-13H,5-7,11H2,1-4H3,(H,19,22)(H,20,21)/t13-/m1/s1. The fraction of sp³-hybridized carbons (Fsp3) is 0.556. The minimum atomic E-state index is 0.0479. The predicted molar refractivity (Wildman–Crippen MR) is 99.7 cm³/mol. The molecule has 0 bridgehead atoms. The molecule has 0 unspecified atom stereocenters. The number of hydrogen-bond acceptors (Lipinski definition) is 4. The molecule has 2 N–H and O–H groups in total. The van der Waals surface area contributed by atoms with Crippen LogP contribution in [0.5, 0.6) is 5.75 Å². The Kier molecular flexibility index (Phi) is 6.97. The highest BCUT2D eigenvalue weighted by atomic mass is 32.2. The number of thioether (sulfide) groups is 1.